The highest BCUT2D eigenvalue weighted by atomic mass is 32.2. The van der Waals surface area contributed by atoms with Gasteiger partial charge < -0.3 is 10.5 Å². The van der Waals surface area contributed by atoms with Gasteiger partial charge in [0.05, 0.1) is 7.11 Å². The van der Waals surface area contributed by atoms with Crippen molar-refractivity contribution in [2.75, 3.05) is 12.9 Å². The molecule has 0 aliphatic rings. The van der Waals surface area contributed by atoms with Crippen molar-refractivity contribution in [3.8, 4) is 5.75 Å². The van der Waals surface area contributed by atoms with E-state index in [0.717, 1.165) is 29.6 Å². The molecular weight excluding hydrogens is 242 g/mol. The van der Waals surface area contributed by atoms with Crippen molar-refractivity contribution in [1.29, 1.82) is 0 Å². The standard InChI is InChI=1S/C15H25NOS/c1-4-12(2)18-11-14(16)8-5-13-6-9-15(17-3)10-7-13/h6-7,9-10,12,14H,4-5,8,11,16H2,1-3H3. The maximum Gasteiger partial charge on any atom is 0.118 e. The highest BCUT2D eigenvalue weighted by molar-refractivity contribution is 7.99. The molecule has 0 aromatic heterocycles. The molecule has 18 heavy (non-hydrogen) atoms. The van der Waals surface area contributed by atoms with Crippen molar-refractivity contribution in [2.24, 2.45) is 5.73 Å². The van der Waals surface area contributed by atoms with E-state index in [0.29, 0.717) is 6.04 Å². The van der Waals surface area contributed by atoms with Crippen LogP contribution in [0.25, 0.3) is 0 Å². The molecule has 2 unspecified atom stereocenters. The smallest absolute Gasteiger partial charge is 0.118 e. The van der Waals surface area contributed by atoms with E-state index in [4.69, 9.17) is 10.5 Å². The SMILES string of the molecule is CCC(C)SCC(N)CCc1ccc(OC)cc1. The summed E-state index contributed by atoms with van der Waals surface area (Å²) >= 11 is 1.98. The Morgan fingerprint density at radius 3 is 2.50 bits per heavy atom. The van der Waals surface area contributed by atoms with E-state index >= 15 is 0 Å². The Balaban J connectivity index is 2.26. The first-order valence-electron chi connectivity index (χ1n) is 6.65. The molecule has 2 N–H and O–H groups in total. The fraction of sp³-hybridized carbons (Fsp3) is 0.600. The van der Waals surface area contributed by atoms with Crippen LogP contribution in [-0.2, 0) is 6.42 Å². The summed E-state index contributed by atoms with van der Waals surface area (Å²) < 4.78 is 5.14. The van der Waals surface area contributed by atoms with Crippen LogP contribution in [0, 0.1) is 0 Å². The molecule has 0 aliphatic carbocycles. The number of thioether (sulfide) groups is 1. The third kappa shape index (κ3) is 5.78. The number of rotatable bonds is 8. The summed E-state index contributed by atoms with van der Waals surface area (Å²) in [5, 5.41) is 0.719. The lowest BCUT2D eigenvalue weighted by Crippen LogP contribution is -2.24. The maximum atomic E-state index is 6.14. The molecule has 2 nitrogen and oxygen atoms in total. The zero-order valence-electron chi connectivity index (χ0n) is 11.7. The number of aryl methyl sites for hydroxylation is 1. The Morgan fingerprint density at radius 2 is 1.94 bits per heavy atom. The van der Waals surface area contributed by atoms with Gasteiger partial charge in [-0.05, 0) is 37.0 Å². The second-order valence-corrected chi connectivity index (χ2v) is 6.17. The van der Waals surface area contributed by atoms with Gasteiger partial charge in [0.15, 0.2) is 0 Å². The summed E-state index contributed by atoms with van der Waals surface area (Å²) in [6.07, 6.45) is 3.32. The van der Waals surface area contributed by atoms with Crippen molar-refractivity contribution < 1.29 is 4.74 Å². The Morgan fingerprint density at radius 1 is 1.28 bits per heavy atom. The van der Waals surface area contributed by atoms with E-state index in [1.165, 1.54) is 12.0 Å². The Labute approximate surface area is 115 Å². The minimum absolute atomic E-state index is 0.297. The average Bonchev–Trinajstić information content (AvgIpc) is 2.42. The van der Waals surface area contributed by atoms with Gasteiger partial charge in [0.2, 0.25) is 0 Å². The van der Waals surface area contributed by atoms with Gasteiger partial charge in [0, 0.05) is 17.0 Å². The summed E-state index contributed by atoms with van der Waals surface area (Å²) in [7, 11) is 1.69. The monoisotopic (exact) mass is 267 g/mol. The van der Waals surface area contributed by atoms with Crippen LogP contribution in [0.5, 0.6) is 5.75 Å². The first-order chi connectivity index (χ1) is 8.65. The van der Waals surface area contributed by atoms with Crippen LogP contribution in [0.4, 0.5) is 0 Å². The van der Waals surface area contributed by atoms with Gasteiger partial charge in [0.25, 0.3) is 0 Å². The molecule has 102 valence electrons. The molecule has 1 rings (SSSR count). The minimum atomic E-state index is 0.297. The molecule has 0 radical (unpaired) electrons. The van der Waals surface area contributed by atoms with E-state index in [2.05, 4.69) is 26.0 Å². The largest absolute Gasteiger partial charge is 0.497 e. The highest BCUT2D eigenvalue weighted by Gasteiger charge is 2.06. The molecule has 0 heterocycles. The van der Waals surface area contributed by atoms with Crippen molar-refractivity contribution in [2.45, 2.75) is 44.4 Å². The predicted molar refractivity (Wildman–Crippen MR) is 81.5 cm³/mol. The summed E-state index contributed by atoms with van der Waals surface area (Å²) in [4.78, 5) is 0. The summed E-state index contributed by atoms with van der Waals surface area (Å²) in [6.45, 7) is 4.49. The molecule has 1 aromatic rings. The second kappa shape index (κ2) is 8.44. The molecule has 1 aromatic carbocycles. The van der Waals surface area contributed by atoms with E-state index in [1.54, 1.807) is 7.11 Å². The zero-order chi connectivity index (χ0) is 13.4. The number of methoxy groups -OCH3 is 1. The van der Waals surface area contributed by atoms with Crippen LogP contribution >= 0.6 is 11.8 Å². The lowest BCUT2D eigenvalue weighted by Gasteiger charge is -2.14. The van der Waals surface area contributed by atoms with Crippen LogP contribution in [0.3, 0.4) is 0 Å². The fourth-order valence-electron chi connectivity index (χ4n) is 1.63. The van der Waals surface area contributed by atoms with Gasteiger partial charge in [-0.15, -0.1) is 0 Å². The molecule has 0 spiro atoms. The molecule has 3 heteroatoms. The molecule has 0 bridgehead atoms. The number of nitrogens with two attached hydrogens (primary N) is 1. The summed E-state index contributed by atoms with van der Waals surface area (Å²) in [5.41, 5.74) is 7.47. The molecule has 0 saturated heterocycles. The first-order valence-corrected chi connectivity index (χ1v) is 7.70. The lowest BCUT2D eigenvalue weighted by atomic mass is 10.1. The predicted octanol–water partition coefficient (Wildman–Crippen LogP) is 3.49. The molecular formula is C15H25NOS. The number of hydrogen-bond donors (Lipinski definition) is 1. The Bertz CT molecular complexity index is 326. The number of benzene rings is 1. The van der Waals surface area contributed by atoms with Crippen molar-refractivity contribution >= 4 is 11.8 Å². The van der Waals surface area contributed by atoms with Crippen LogP contribution in [0.2, 0.25) is 0 Å². The average molecular weight is 267 g/mol. The fourth-order valence-corrected chi connectivity index (χ4v) is 2.61. The lowest BCUT2D eigenvalue weighted by molar-refractivity contribution is 0.414. The molecule has 0 saturated carbocycles. The first kappa shape index (κ1) is 15.4. The highest BCUT2D eigenvalue weighted by Crippen LogP contribution is 2.17. The summed E-state index contributed by atoms with van der Waals surface area (Å²) in [6, 6.07) is 8.55. The van der Waals surface area contributed by atoms with Gasteiger partial charge >= 0.3 is 0 Å². The topological polar surface area (TPSA) is 35.2 Å². The van der Waals surface area contributed by atoms with Gasteiger partial charge in [-0.1, -0.05) is 26.0 Å². The van der Waals surface area contributed by atoms with Gasteiger partial charge in [-0.3, -0.25) is 0 Å². The van der Waals surface area contributed by atoms with Crippen LogP contribution < -0.4 is 10.5 Å². The number of hydrogen-bond acceptors (Lipinski definition) is 3. The van der Waals surface area contributed by atoms with Gasteiger partial charge in [-0.2, -0.15) is 11.8 Å². The minimum Gasteiger partial charge on any atom is -0.497 e. The van der Waals surface area contributed by atoms with Gasteiger partial charge in [0.1, 0.15) is 5.75 Å². The van der Waals surface area contributed by atoms with Crippen LogP contribution in [-0.4, -0.2) is 24.2 Å². The Kier molecular flexibility index (Phi) is 7.21. The van der Waals surface area contributed by atoms with E-state index in [9.17, 15) is 0 Å². The van der Waals surface area contributed by atoms with E-state index < -0.39 is 0 Å². The van der Waals surface area contributed by atoms with Gasteiger partial charge in [-0.25, -0.2) is 0 Å². The maximum absolute atomic E-state index is 6.14. The van der Waals surface area contributed by atoms with E-state index in [1.807, 2.05) is 23.9 Å². The van der Waals surface area contributed by atoms with Crippen molar-refractivity contribution in [3.05, 3.63) is 29.8 Å². The molecule has 2 atom stereocenters. The quantitative estimate of drug-likeness (QED) is 0.783. The van der Waals surface area contributed by atoms with Crippen LogP contribution in [0.1, 0.15) is 32.3 Å². The summed E-state index contributed by atoms with van der Waals surface area (Å²) in [5.74, 6) is 1.97. The molecule has 0 fully saturated rings. The normalized spacial score (nSPS) is 14.2. The number of ether oxygens (including phenoxy) is 1. The zero-order valence-corrected chi connectivity index (χ0v) is 12.5. The van der Waals surface area contributed by atoms with Crippen molar-refractivity contribution in [3.63, 3.8) is 0 Å². The second-order valence-electron chi connectivity index (χ2n) is 4.70. The van der Waals surface area contributed by atoms with Crippen molar-refractivity contribution in [1.82, 2.24) is 0 Å². The molecule has 0 amide bonds. The van der Waals surface area contributed by atoms with E-state index in [-0.39, 0.29) is 0 Å². The van der Waals surface area contributed by atoms with Crippen LogP contribution in [0.15, 0.2) is 24.3 Å². The third-order valence-corrected chi connectivity index (χ3v) is 4.66. The molecule has 0 aliphatic heterocycles. The third-order valence-electron chi connectivity index (χ3n) is 3.13. The Hall–Kier alpha value is -0.670.